The number of aromatic hydroxyl groups is 1. The first-order valence-corrected chi connectivity index (χ1v) is 5.70. The Bertz CT molecular complexity index is 509. The molecule has 0 unspecified atom stereocenters. The molecule has 0 fully saturated rings. The summed E-state index contributed by atoms with van der Waals surface area (Å²) in [5.74, 6) is -1.04. The number of aliphatic imine (C=N–C) groups is 1. The third kappa shape index (κ3) is 3.59. The van der Waals surface area contributed by atoms with E-state index in [1.807, 2.05) is 13.8 Å². The largest absolute Gasteiger partial charge is 0.502 e. The molecule has 0 spiro atoms. The molecule has 0 radical (unpaired) electrons. The van der Waals surface area contributed by atoms with Crippen LogP contribution in [0, 0.1) is 0 Å². The minimum Gasteiger partial charge on any atom is -0.502 e. The number of aromatic amines is 1. The highest BCUT2D eigenvalue weighted by molar-refractivity contribution is 6.45. The molecule has 7 heteroatoms. The molecule has 0 bridgehead atoms. The van der Waals surface area contributed by atoms with E-state index in [2.05, 4.69) is 15.3 Å². The van der Waals surface area contributed by atoms with Crippen molar-refractivity contribution < 1.29 is 9.90 Å². The number of rotatable bonds is 2. The van der Waals surface area contributed by atoms with E-state index in [1.165, 1.54) is 14.1 Å². The summed E-state index contributed by atoms with van der Waals surface area (Å²) >= 11 is 5.58. The van der Waals surface area contributed by atoms with Crippen LogP contribution in [0.4, 0.5) is 0 Å². The maximum atomic E-state index is 11.4. The van der Waals surface area contributed by atoms with Gasteiger partial charge in [0.05, 0.1) is 5.69 Å². The van der Waals surface area contributed by atoms with E-state index < -0.39 is 17.1 Å². The first-order valence-electron chi connectivity index (χ1n) is 5.32. The summed E-state index contributed by atoms with van der Waals surface area (Å²) in [5.41, 5.74) is -0.500. The van der Waals surface area contributed by atoms with Gasteiger partial charge in [-0.05, 0) is 0 Å². The van der Waals surface area contributed by atoms with Crippen molar-refractivity contribution in [1.82, 2.24) is 10.3 Å². The van der Waals surface area contributed by atoms with Crippen molar-refractivity contribution in [2.45, 2.75) is 13.8 Å². The smallest absolute Gasteiger partial charge is 0.271 e. The SMILES string of the molecule is CC.CN=C(C(=O)NC)c1cc(=O)c(O)c(Cl)[nH]1. The van der Waals surface area contributed by atoms with Crippen LogP contribution in [0.3, 0.4) is 0 Å². The van der Waals surface area contributed by atoms with Gasteiger partial charge >= 0.3 is 0 Å². The molecule has 1 rings (SSSR count). The van der Waals surface area contributed by atoms with Gasteiger partial charge < -0.3 is 15.4 Å². The molecule has 1 heterocycles. The van der Waals surface area contributed by atoms with Crippen LogP contribution in [0.15, 0.2) is 15.9 Å². The highest BCUT2D eigenvalue weighted by Crippen LogP contribution is 2.15. The molecule has 6 nitrogen and oxygen atoms in total. The molecule has 0 saturated heterocycles. The number of pyridine rings is 1. The van der Waals surface area contributed by atoms with E-state index in [0.717, 1.165) is 6.07 Å². The van der Waals surface area contributed by atoms with Gasteiger partial charge in [0.2, 0.25) is 5.43 Å². The van der Waals surface area contributed by atoms with Crippen molar-refractivity contribution in [3.63, 3.8) is 0 Å². The van der Waals surface area contributed by atoms with Crippen LogP contribution < -0.4 is 10.7 Å². The second-order valence-electron chi connectivity index (χ2n) is 2.86. The second-order valence-corrected chi connectivity index (χ2v) is 3.24. The molecule has 100 valence electrons. The number of hydrogen-bond donors (Lipinski definition) is 3. The molecule has 0 aliphatic heterocycles. The van der Waals surface area contributed by atoms with E-state index in [1.54, 1.807) is 0 Å². The van der Waals surface area contributed by atoms with Crippen LogP contribution in [0.5, 0.6) is 5.75 Å². The third-order valence-corrected chi connectivity index (χ3v) is 2.16. The van der Waals surface area contributed by atoms with Crippen molar-refractivity contribution in [2.75, 3.05) is 14.1 Å². The van der Waals surface area contributed by atoms with Crippen LogP contribution in [-0.2, 0) is 4.79 Å². The Hall–Kier alpha value is -1.82. The maximum absolute atomic E-state index is 11.4. The number of amides is 1. The second kappa shape index (κ2) is 7.50. The van der Waals surface area contributed by atoms with Crippen molar-refractivity contribution in [2.24, 2.45) is 4.99 Å². The molecular formula is C11H16ClN3O3. The Morgan fingerprint density at radius 2 is 2.06 bits per heavy atom. The van der Waals surface area contributed by atoms with Gasteiger partial charge in [0.25, 0.3) is 5.91 Å². The number of carbonyl (C=O) groups is 1. The van der Waals surface area contributed by atoms with Crippen LogP contribution >= 0.6 is 11.6 Å². The molecule has 0 aromatic carbocycles. The number of hydrogen-bond acceptors (Lipinski definition) is 4. The molecule has 1 aromatic rings. The van der Waals surface area contributed by atoms with Gasteiger partial charge in [0.15, 0.2) is 10.9 Å². The first-order chi connectivity index (χ1) is 8.51. The average molecular weight is 274 g/mol. The van der Waals surface area contributed by atoms with E-state index in [0.29, 0.717) is 0 Å². The molecule has 0 aliphatic rings. The highest BCUT2D eigenvalue weighted by Gasteiger charge is 2.15. The lowest BCUT2D eigenvalue weighted by atomic mass is 10.2. The number of H-pyrrole nitrogens is 1. The van der Waals surface area contributed by atoms with E-state index in [4.69, 9.17) is 16.7 Å². The van der Waals surface area contributed by atoms with Gasteiger partial charge in [-0.2, -0.15) is 0 Å². The predicted octanol–water partition coefficient (Wildman–Crippen LogP) is 0.925. The zero-order valence-corrected chi connectivity index (χ0v) is 11.4. The molecule has 0 atom stereocenters. The molecule has 18 heavy (non-hydrogen) atoms. The average Bonchev–Trinajstić information content (AvgIpc) is 2.38. The minimum absolute atomic E-state index is 0.0292. The Balaban J connectivity index is 0.00000137. The maximum Gasteiger partial charge on any atom is 0.271 e. The lowest BCUT2D eigenvalue weighted by Gasteiger charge is -2.05. The van der Waals surface area contributed by atoms with E-state index in [-0.39, 0.29) is 16.6 Å². The normalized spacial score (nSPS) is 10.4. The zero-order chi connectivity index (χ0) is 14.3. The Morgan fingerprint density at radius 3 is 2.44 bits per heavy atom. The van der Waals surface area contributed by atoms with Gasteiger partial charge in [-0.25, -0.2) is 0 Å². The monoisotopic (exact) mass is 273 g/mol. The van der Waals surface area contributed by atoms with Crippen molar-refractivity contribution in [3.05, 3.63) is 27.1 Å². The van der Waals surface area contributed by atoms with Crippen LogP contribution in [0.1, 0.15) is 19.5 Å². The van der Waals surface area contributed by atoms with E-state index in [9.17, 15) is 9.59 Å². The molecule has 0 saturated carbocycles. The molecule has 1 amide bonds. The lowest BCUT2D eigenvalue weighted by molar-refractivity contribution is -0.114. The Labute approximate surface area is 110 Å². The van der Waals surface area contributed by atoms with Crippen LogP contribution in [0.2, 0.25) is 5.15 Å². The van der Waals surface area contributed by atoms with Crippen LogP contribution in [-0.4, -0.2) is 35.8 Å². The van der Waals surface area contributed by atoms with E-state index >= 15 is 0 Å². The summed E-state index contributed by atoms with van der Waals surface area (Å²) in [7, 11) is 2.84. The predicted molar refractivity (Wildman–Crippen MR) is 71.6 cm³/mol. The fourth-order valence-corrected chi connectivity index (χ4v) is 1.31. The summed E-state index contributed by atoms with van der Waals surface area (Å²) in [4.78, 5) is 28.9. The molecule has 3 N–H and O–H groups in total. The minimum atomic E-state index is -0.677. The van der Waals surface area contributed by atoms with Crippen molar-refractivity contribution in [1.29, 1.82) is 0 Å². The summed E-state index contributed by atoms with van der Waals surface area (Å²) in [6.45, 7) is 4.00. The third-order valence-electron chi connectivity index (χ3n) is 1.88. The summed E-state index contributed by atoms with van der Waals surface area (Å²) in [5, 5.41) is 11.3. The Morgan fingerprint density at radius 1 is 1.50 bits per heavy atom. The molecule has 1 aromatic heterocycles. The van der Waals surface area contributed by atoms with Crippen LogP contribution in [0.25, 0.3) is 0 Å². The van der Waals surface area contributed by atoms with Gasteiger partial charge in [0.1, 0.15) is 5.71 Å². The quantitative estimate of drug-likeness (QED) is 0.552. The van der Waals surface area contributed by atoms with Gasteiger partial charge in [-0.1, -0.05) is 25.4 Å². The van der Waals surface area contributed by atoms with Gasteiger partial charge in [0, 0.05) is 20.2 Å². The molecule has 0 aliphatic carbocycles. The first kappa shape index (κ1) is 16.2. The topological polar surface area (TPSA) is 94.6 Å². The summed E-state index contributed by atoms with van der Waals surface area (Å²) < 4.78 is 0. The lowest BCUT2D eigenvalue weighted by Crippen LogP contribution is -2.29. The standard InChI is InChI=1S/C9H10ClN3O3.C2H6/c1-11-6(9(16)12-2)4-3-5(14)7(15)8(10)13-4;1-2/h3,15H,1-2H3,(H,12,16)(H,13,14);1-2H3. The molecular weight excluding hydrogens is 258 g/mol. The van der Waals surface area contributed by atoms with Crippen molar-refractivity contribution >= 4 is 23.2 Å². The number of halogens is 1. The van der Waals surface area contributed by atoms with Gasteiger partial charge in [-0.3, -0.25) is 14.6 Å². The number of nitrogens with zero attached hydrogens (tertiary/aromatic N) is 1. The summed E-state index contributed by atoms with van der Waals surface area (Å²) in [6.07, 6.45) is 0. The van der Waals surface area contributed by atoms with Crippen molar-refractivity contribution in [3.8, 4) is 5.75 Å². The summed E-state index contributed by atoms with van der Waals surface area (Å²) in [6, 6.07) is 1.05. The highest BCUT2D eigenvalue weighted by atomic mass is 35.5. The van der Waals surface area contributed by atoms with Gasteiger partial charge in [-0.15, -0.1) is 0 Å². The number of carbonyl (C=O) groups excluding carboxylic acids is 1. The fraction of sp³-hybridized carbons (Fsp3) is 0.364. The number of nitrogens with one attached hydrogen (secondary N) is 2. The Kier molecular flexibility index (Phi) is 6.74. The number of likely N-dealkylation sites (N-methyl/N-ethyl adjacent to an activating group) is 1. The fourth-order valence-electron chi connectivity index (χ4n) is 1.11. The number of aromatic nitrogens is 1. The zero-order valence-electron chi connectivity index (χ0n) is 10.7.